The molecule has 78 valence electrons. The number of nitrogens with zero attached hydrogens (tertiary/aromatic N) is 1. The third-order valence-corrected chi connectivity index (χ3v) is 2.45. The Morgan fingerprint density at radius 3 is 2.31 bits per heavy atom. The van der Waals surface area contributed by atoms with Gasteiger partial charge in [0.25, 0.3) is 0 Å². The van der Waals surface area contributed by atoms with Crippen molar-refractivity contribution in [2.75, 3.05) is 19.8 Å². The summed E-state index contributed by atoms with van der Waals surface area (Å²) < 4.78 is 36.7. The molecule has 2 N–H and O–H groups in total. The predicted molar refractivity (Wildman–Crippen MR) is 49.0 cm³/mol. The van der Waals surface area contributed by atoms with Crippen molar-refractivity contribution in [2.24, 2.45) is 5.73 Å². The van der Waals surface area contributed by atoms with Crippen LogP contribution in [0.25, 0.3) is 0 Å². The lowest BCUT2D eigenvalue weighted by Gasteiger charge is -2.04. The van der Waals surface area contributed by atoms with Crippen LogP contribution >= 0.6 is 11.8 Å². The van der Waals surface area contributed by atoms with Gasteiger partial charge in [-0.25, -0.2) is 0 Å². The Hall–Kier alpha value is -0.390. The van der Waals surface area contributed by atoms with Crippen LogP contribution < -0.4 is 5.73 Å². The fraction of sp³-hybridized carbons (Fsp3) is 0.857. The lowest BCUT2D eigenvalue weighted by molar-refractivity contribution is -0.462. The second kappa shape index (κ2) is 5.36. The van der Waals surface area contributed by atoms with E-state index in [0.29, 0.717) is 10.9 Å². The van der Waals surface area contributed by atoms with Gasteiger partial charge in [0.05, 0.1) is 14.1 Å². The lowest BCUT2D eigenvalue weighted by Crippen LogP contribution is -2.19. The van der Waals surface area contributed by atoms with Gasteiger partial charge in [-0.05, 0) is 18.2 Å². The van der Waals surface area contributed by atoms with Crippen molar-refractivity contribution in [3.8, 4) is 0 Å². The number of thioether (sulfide) groups is 1. The van der Waals surface area contributed by atoms with Crippen molar-refractivity contribution in [2.45, 2.75) is 19.0 Å². The molecular weight excluding hydrogens is 201 g/mol. The van der Waals surface area contributed by atoms with E-state index >= 15 is 0 Å². The van der Waals surface area contributed by atoms with Crippen LogP contribution in [0.3, 0.4) is 0 Å². The van der Waals surface area contributed by atoms with E-state index < -0.39 is 12.6 Å². The molecule has 0 aliphatic rings. The maximum Gasteiger partial charge on any atom is 0.389 e. The molecule has 6 heteroatoms. The molecule has 13 heavy (non-hydrogen) atoms. The minimum Gasteiger partial charge on any atom is -0.281 e. The molecule has 0 aliphatic carbocycles. The van der Waals surface area contributed by atoms with Crippen LogP contribution in [0.2, 0.25) is 0 Å². The molecule has 0 aromatic rings. The normalized spacial score (nSPS) is 11.5. The van der Waals surface area contributed by atoms with Crippen LogP contribution in [0.5, 0.6) is 0 Å². The molecule has 0 aromatic heterocycles. The first-order valence-corrected chi connectivity index (χ1v) is 4.81. The number of hydrogen-bond donors (Lipinski definition) is 1. The summed E-state index contributed by atoms with van der Waals surface area (Å²) in [5.74, 6) is 0.406. The number of nitrogens with two attached hydrogens (primary N) is 1. The van der Waals surface area contributed by atoms with E-state index in [-0.39, 0.29) is 6.42 Å². The SMILES string of the molecule is C[N+](C)=C(N)SCCCC(F)(F)F. The zero-order valence-corrected chi connectivity index (χ0v) is 8.50. The van der Waals surface area contributed by atoms with Crippen molar-refractivity contribution in [1.82, 2.24) is 0 Å². The molecule has 0 amide bonds. The summed E-state index contributed by atoms with van der Waals surface area (Å²) in [6.07, 6.45) is -4.67. The van der Waals surface area contributed by atoms with E-state index in [9.17, 15) is 13.2 Å². The summed E-state index contributed by atoms with van der Waals surface area (Å²) >= 11 is 1.25. The zero-order chi connectivity index (χ0) is 10.5. The summed E-state index contributed by atoms with van der Waals surface area (Å²) in [6, 6.07) is 0. The highest BCUT2D eigenvalue weighted by atomic mass is 32.2. The Bertz CT molecular complexity index is 185. The first-order chi connectivity index (χ1) is 5.83. The van der Waals surface area contributed by atoms with Crippen LogP contribution in [0.4, 0.5) is 13.2 Å². The molecule has 0 saturated carbocycles. The van der Waals surface area contributed by atoms with E-state index in [2.05, 4.69) is 0 Å². The highest BCUT2D eigenvalue weighted by Gasteiger charge is 2.26. The van der Waals surface area contributed by atoms with E-state index in [1.54, 1.807) is 18.7 Å². The molecule has 0 saturated heterocycles. The number of hydrogen-bond acceptors (Lipinski definition) is 1. The average Bonchev–Trinajstić information content (AvgIpc) is 1.95. The quantitative estimate of drug-likeness (QED) is 0.336. The summed E-state index contributed by atoms with van der Waals surface area (Å²) in [6.45, 7) is 0. The van der Waals surface area contributed by atoms with E-state index in [4.69, 9.17) is 5.73 Å². The summed E-state index contributed by atoms with van der Waals surface area (Å²) in [4.78, 5) is 0. The second-order valence-corrected chi connectivity index (χ2v) is 3.92. The fourth-order valence-corrected chi connectivity index (χ4v) is 1.33. The molecule has 0 heterocycles. The summed E-state index contributed by atoms with van der Waals surface area (Å²) in [7, 11) is 3.51. The Balaban J connectivity index is 3.54. The smallest absolute Gasteiger partial charge is 0.281 e. The molecule has 0 atom stereocenters. The second-order valence-electron chi connectivity index (χ2n) is 2.80. The van der Waals surface area contributed by atoms with Crippen LogP contribution in [0.1, 0.15) is 12.8 Å². The van der Waals surface area contributed by atoms with Gasteiger partial charge in [0.1, 0.15) is 0 Å². The van der Waals surface area contributed by atoms with Gasteiger partial charge in [0.15, 0.2) is 0 Å². The molecule has 0 fully saturated rings. The summed E-state index contributed by atoms with van der Waals surface area (Å²) in [5.41, 5.74) is 5.49. The molecule has 0 radical (unpaired) electrons. The van der Waals surface area contributed by atoms with Gasteiger partial charge in [-0.2, -0.15) is 13.2 Å². The molecule has 2 nitrogen and oxygen atoms in total. The van der Waals surface area contributed by atoms with Gasteiger partial charge < -0.3 is 0 Å². The minimum absolute atomic E-state index is 0.114. The van der Waals surface area contributed by atoms with Crippen molar-refractivity contribution in [1.29, 1.82) is 0 Å². The van der Waals surface area contributed by atoms with Gasteiger partial charge >= 0.3 is 11.3 Å². The molecule has 0 rings (SSSR count). The highest BCUT2D eigenvalue weighted by Crippen LogP contribution is 2.22. The van der Waals surface area contributed by atoms with Gasteiger partial charge in [-0.1, -0.05) is 0 Å². The van der Waals surface area contributed by atoms with Gasteiger partial charge in [-0.3, -0.25) is 10.3 Å². The van der Waals surface area contributed by atoms with Crippen molar-refractivity contribution >= 4 is 16.9 Å². The van der Waals surface area contributed by atoms with E-state index in [1.165, 1.54) is 11.8 Å². The molecule has 0 spiro atoms. The van der Waals surface area contributed by atoms with Crippen molar-refractivity contribution in [3.63, 3.8) is 0 Å². The van der Waals surface area contributed by atoms with Crippen LogP contribution in [-0.2, 0) is 0 Å². The number of halogens is 3. The third kappa shape index (κ3) is 7.95. The van der Waals surface area contributed by atoms with Crippen LogP contribution in [-0.4, -0.2) is 35.8 Å². The molecule has 0 unspecified atom stereocenters. The average molecular weight is 215 g/mol. The Morgan fingerprint density at radius 2 is 1.92 bits per heavy atom. The maximum atomic E-state index is 11.7. The van der Waals surface area contributed by atoms with E-state index in [0.717, 1.165) is 0 Å². The van der Waals surface area contributed by atoms with Crippen LogP contribution in [0, 0.1) is 0 Å². The summed E-state index contributed by atoms with van der Waals surface area (Å²) in [5, 5.41) is 0.544. The molecule has 0 aromatic carbocycles. The number of alkyl halides is 3. The standard InChI is InChI=1S/C7H13F3N2S/c1-12(2)6(11)13-5-3-4-7(8,9)10/h11H,3-5H2,1-2H3/p+1. The van der Waals surface area contributed by atoms with Gasteiger partial charge in [0.2, 0.25) is 0 Å². The monoisotopic (exact) mass is 215 g/mol. The van der Waals surface area contributed by atoms with Crippen LogP contribution in [0.15, 0.2) is 0 Å². The Morgan fingerprint density at radius 1 is 1.38 bits per heavy atom. The predicted octanol–water partition coefficient (Wildman–Crippen LogP) is 1.65. The van der Waals surface area contributed by atoms with Gasteiger partial charge in [-0.15, -0.1) is 0 Å². The lowest BCUT2D eigenvalue weighted by atomic mass is 10.3. The fourth-order valence-electron chi connectivity index (χ4n) is 0.578. The van der Waals surface area contributed by atoms with E-state index in [1.807, 2.05) is 0 Å². The Kier molecular flexibility index (Phi) is 5.20. The highest BCUT2D eigenvalue weighted by molar-refractivity contribution is 8.13. The maximum absolute atomic E-state index is 11.7. The number of rotatable bonds is 3. The molecule has 0 bridgehead atoms. The first kappa shape index (κ1) is 12.6. The minimum atomic E-state index is -4.05. The molecular formula is C7H14F3N2S+. The Labute approximate surface area is 80.0 Å². The topological polar surface area (TPSA) is 29.0 Å². The zero-order valence-electron chi connectivity index (χ0n) is 7.69. The largest absolute Gasteiger partial charge is 0.389 e. The third-order valence-electron chi connectivity index (χ3n) is 1.30. The van der Waals surface area contributed by atoms with Crippen molar-refractivity contribution < 1.29 is 17.7 Å². The van der Waals surface area contributed by atoms with Crippen molar-refractivity contribution in [3.05, 3.63) is 0 Å². The molecule has 0 aliphatic heterocycles. The number of amidine groups is 1. The first-order valence-electron chi connectivity index (χ1n) is 3.82. The van der Waals surface area contributed by atoms with Gasteiger partial charge in [0, 0.05) is 12.2 Å².